The number of ether oxygens (including phenoxy) is 2. The lowest BCUT2D eigenvalue weighted by atomic mass is 9.86. The Hall–Kier alpha value is -2.87. The number of rotatable bonds is 3. The zero-order chi connectivity index (χ0) is 25.4. The highest BCUT2D eigenvalue weighted by molar-refractivity contribution is 6.31. The normalized spacial score (nSPS) is 25.9. The molecule has 1 aromatic carbocycles. The van der Waals surface area contributed by atoms with Crippen LogP contribution >= 0.6 is 11.6 Å². The maximum atomic E-state index is 14.0. The number of hydrogen-bond donors (Lipinski definition) is 0. The number of hydrogen-bond acceptors (Lipinski definition) is 5. The Morgan fingerprint density at radius 3 is 2.61 bits per heavy atom. The summed E-state index contributed by atoms with van der Waals surface area (Å²) in [6.45, 7) is 6.38. The van der Waals surface area contributed by atoms with Crippen molar-refractivity contribution in [3.8, 4) is 5.75 Å². The first kappa shape index (κ1) is 24.8. The highest BCUT2D eigenvalue weighted by atomic mass is 35.5. The number of carbonyl (C=O) groups is 1. The number of carbonyl (C=O) groups excluding carboxylic acids is 1. The van der Waals surface area contributed by atoms with Gasteiger partial charge in [0.2, 0.25) is 0 Å². The molecule has 2 heterocycles. The third kappa shape index (κ3) is 5.28. The average molecular weight is 515 g/mol. The summed E-state index contributed by atoms with van der Waals surface area (Å²) in [4.78, 5) is 14.7. The highest BCUT2D eigenvalue weighted by Gasteiger charge is 2.38. The standard InChI is InChI=1S/C27H32ClFN4O3/c1-27(2,3)36-26(34)32-15-18-14-19(28)10-13-22(18)33-24(16-32)30-31-25(33)17-8-11-20(12-9-17)35-23-7-5-4-6-21(23)29/h4-7,10,13-14,17-18,20,22H,8-9,11-12,15-16H2,1-3H3. The molecule has 2 unspecified atom stereocenters. The van der Waals surface area contributed by atoms with Gasteiger partial charge in [-0.1, -0.05) is 35.9 Å². The van der Waals surface area contributed by atoms with Crippen LogP contribution in [0.15, 0.2) is 47.5 Å². The predicted octanol–water partition coefficient (Wildman–Crippen LogP) is 6.12. The Balaban J connectivity index is 1.36. The second kappa shape index (κ2) is 9.88. The van der Waals surface area contributed by atoms with Gasteiger partial charge in [-0.3, -0.25) is 4.90 Å². The molecule has 1 saturated carbocycles. The molecular weight excluding hydrogens is 483 g/mol. The van der Waals surface area contributed by atoms with E-state index in [9.17, 15) is 9.18 Å². The molecule has 0 bridgehead atoms. The van der Waals surface area contributed by atoms with E-state index in [4.69, 9.17) is 21.1 Å². The van der Waals surface area contributed by atoms with E-state index in [0.29, 0.717) is 23.9 Å². The Kier molecular flexibility index (Phi) is 6.81. The van der Waals surface area contributed by atoms with Crippen molar-refractivity contribution in [1.29, 1.82) is 0 Å². The summed E-state index contributed by atoms with van der Waals surface area (Å²) in [5, 5.41) is 9.79. The van der Waals surface area contributed by atoms with E-state index >= 15 is 0 Å². The van der Waals surface area contributed by atoms with Gasteiger partial charge in [0.25, 0.3) is 0 Å². The van der Waals surface area contributed by atoms with Crippen molar-refractivity contribution in [2.24, 2.45) is 5.92 Å². The van der Waals surface area contributed by atoms with Crippen molar-refractivity contribution < 1.29 is 18.7 Å². The summed E-state index contributed by atoms with van der Waals surface area (Å²) >= 11 is 6.37. The molecule has 1 fully saturated rings. The fraction of sp³-hybridized carbons (Fsp3) is 0.519. The molecule has 0 saturated heterocycles. The topological polar surface area (TPSA) is 69.5 Å². The summed E-state index contributed by atoms with van der Waals surface area (Å²) < 4.78 is 27.8. The maximum Gasteiger partial charge on any atom is 0.410 e. The SMILES string of the molecule is CC(C)(C)OC(=O)N1Cc2nnc(C3CCC(Oc4ccccc4F)CC3)n2C2C=CC(Cl)=CC2C1. The van der Waals surface area contributed by atoms with Crippen LogP contribution < -0.4 is 4.74 Å². The zero-order valence-electron chi connectivity index (χ0n) is 20.9. The van der Waals surface area contributed by atoms with E-state index in [0.717, 1.165) is 37.3 Å². The first-order valence-corrected chi connectivity index (χ1v) is 12.9. The Morgan fingerprint density at radius 2 is 1.89 bits per heavy atom. The summed E-state index contributed by atoms with van der Waals surface area (Å²) in [6, 6.07) is 6.50. The predicted molar refractivity (Wildman–Crippen MR) is 134 cm³/mol. The molecule has 1 aromatic heterocycles. The minimum atomic E-state index is -0.592. The van der Waals surface area contributed by atoms with Crippen molar-refractivity contribution >= 4 is 17.7 Å². The first-order chi connectivity index (χ1) is 17.2. The lowest BCUT2D eigenvalue weighted by Gasteiger charge is -2.32. The summed E-state index contributed by atoms with van der Waals surface area (Å²) in [6.07, 6.45) is 8.92. The number of allylic oxidation sites excluding steroid dienone is 3. The third-order valence-corrected chi connectivity index (χ3v) is 7.19. The minimum Gasteiger partial charge on any atom is -0.487 e. The van der Waals surface area contributed by atoms with Gasteiger partial charge in [0.15, 0.2) is 17.4 Å². The number of nitrogens with zero attached hydrogens (tertiary/aromatic N) is 4. The third-order valence-electron chi connectivity index (χ3n) is 6.94. The van der Waals surface area contributed by atoms with Crippen LogP contribution in [0.2, 0.25) is 0 Å². The molecule has 5 rings (SSSR count). The molecule has 0 radical (unpaired) electrons. The zero-order valence-corrected chi connectivity index (χ0v) is 21.6. The van der Waals surface area contributed by atoms with Gasteiger partial charge in [0.1, 0.15) is 11.4 Å². The van der Waals surface area contributed by atoms with Crippen molar-refractivity contribution in [1.82, 2.24) is 19.7 Å². The number of para-hydroxylation sites is 1. The summed E-state index contributed by atoms with van der Waals surface area (Å²) in [7, 11) is 0. The molecular formula is C27H32ClFN4O3. The number of amides is 1. The van der Waals surface area contributed by atoms with Crippen molar-refractivity contribution in [2.75, 3.05) is 6.54 Å². The quantitative estimate of drug-likeness (QED) is 0.493. The van der Waals surface area contributed by atoms with Crippen LogP contribution in [0.25, 0.3) is 0 Å². The van der Waals surface area contributed by atoms with Gasteiger partial charge in [-0.25, -0.2) is 9.18 Å². The average Bonchev–Trinajstić information content (AvgIpc) is 3.15. The van der Waals surface area contributed by atoms with Crippen LogP contribution in [0.5, 0.6) is 5.75 Å². The summed E-state index contributed by atoms with van der Waals surface area (Å²) in [5.41, 5.74) is -0.592. The molecule has 192 valence electrons. The molecule has 36 heavy (non-hydrogen) atoms. The molecule has 2 atom stereocenters. The Bertz CT molecular complexity index is 1180. The lowest BCUT2D eigenvalue weighted by molar-refractivity contribution is 0.0216. The molecule has 0 N–H and O–H groups in total. The van der Waals surface area contributed by atoms with Gasteiger partial charge >= 0.3 is 6.09 Å². The van der Waals surface area contributed by atoms with Crippen LogP contribution in [0.3, 0.4) is 0 Å². The smallest absolute Gasteiger partial charge is 0.410 e. The van der Waals surface area contributed by atoms with Gasteiger partial charge in [0.05, 0.1) is 18.7 Å². The number of halogens is 2. The highest BCUT2D eigenvalue weighted by Crippen LogP contribution is 2.40. The second-order valence-corrected chi connectivity index (χ2v) is 11.2. The maximum absolute atomic E-state index is 14.0. The monoisotopic (exact) mass is 514 g/mol. The molecule has 3 aliphatic rings. The van der Waals surface area contributed by atoms with Crippen molar-refractivity contribution in [3.05, 3.63) is 65.0 Å². The molecule has 1 amide bonds. The van der Waals surface area contributed by atoms with Gasteiger partial charge in [-0.15, -0.1) is 10.2 Å². The number of benzene rings is 1. The van der Waals surface area contributed by atoms with Crippen LogP contribution in [0.1, 0.15) is 70.1 Å². The summed E-state index contributed by atoms with van der Waals surface area (Å²) in [5.74, 6) is 1.81. The van der Waals surface area contributed by atoms with Gasteiger partial charge < -0.3 is 14.0 Å². The Morgan fingerprint density at radius 1 is 1.14 bits per heavy atom. The number of fused-ring (bicyclic) bond motifs is 3. The fourth-order valence-corrected chi connectivity index (χ4v) is 5.53. The molecule has 1 aliphatic heterocycles. The molecule has 9 heteroatoms. The largest absolute Gasteiger partial charge is 0.487 e. The van der Waals surface area contributed by atoms with E-state index in [1.54, 1.807) is 23.1 Å². The van der Waals surface area contributed by atoms with E-state index in [2.05, 4.69) is 20.8 Å². The molecule has 7 nitrogen and oxygen atoms in total. The van der Waals surface area contributed by atoms with Crippen molar-refractivity contribution in [2.45, 2.75) is 76.7 Å². The molecule has 0 spiro atoms. The molecule has 2 aromatic rings. The van der Waals surface area contributed by atoms with E-state index in [1.807, 2.05) is 32.9 Å². The van der Waals surface area contributed by atoms with Crippen LogP contribution in [0, 0.1) is 11.7 Å². The van der Waals surface area contributed by atoms with Crippen LogP contribution in [-0.2, 0) is 11.3 Å². The minimum absolute atomic E-state index is 0.0215. The lowest BCUT2D eigenvalue weighted by Crippen LogP contribution is -2.38. The fourth-order valence-electron chi connectivity index (χ4n) is 5.29. The van der Waals surface area contributed by atoms with Gasteiger partial charge in [-0.05, 0) is 64.7 Å². The van der Waals surface area contributed by atoms with Gasteiger partial charge in [0, 0.05) is 23.4 Å². The van der Waals surface area contributed by atoms with E-state index < -0.39 is 5.60 Å². The van der Waals surface area contributed by atoms with Crippen molar-refractivity contribution in [3.63, 3.8) is 0 Å². The van der Waals surface area contributed by atoms with Crippen LogP contribution in [0.4, 0.5) is 9.18 Å². The van der Waals surface area contributed by atoms with E-state index in [-0.39, 0.29) is 35.9 Å². The van der Waals surface area contributed by atoms with Crippen LogP contribution in [-0.4, -0.2) is 44.0 Å². The Labute approximate surface area is 215 Å². The van der Waals surface area contributed by atoms with Gasteiger partial charge in [-0.2, -0.15) is 0 Å². The van der Waals surface area contributed by atoms with E-state index in [1.165, 1.54) is 6.07 Å². The molecule has 2 aliphatic carbocycles. The number of aromatic nitrogens is 3. The second-order valence-electron chi connectivity index (χ2n) is 10.8. The first-order valence-electron chi connectivity index (χ1n) is 12.6.